The van der Waals surface area contributed by atoms with Crippen LogP contribution < -0.4 is 10.1 Å². The number of ether oxygens (including phenoxy) is 1. The molecule has 0 fully saturated rings. The van der Waals surface area contributed by atoms with Gasteiger partial charge in [-0.05, 0) is 36.4 Å². The van der Waals surface area contributed by atoms with Gasteiger partial charge in [-0.1, -0.05) is 57.5 Å². The van der Waals surface area contributed by atoms with Crippen molar-refractivity contribution < 1.29 is 9.53 Å². The average molecular weight is 577 g/mol. The van der Waals surface area contributed by atoms with Crippen LogP contribution in [0, 0.1) is 0 Å². The van der Waals surface area contributed by atoms with Crippen molar-refractivity contribution in [2.75, 3.05) is 11.1 Å². The molecule has 0 aliphatic heterocycles. The maximum absolute atomic E-state index is 12.5. The van der Waals surface area contributed by atoms with Gasteiger partial charge in [0, 0.05) is 27.0 Å². The fourth-order valence-corrected chi connectivity index (χ4v) is 4.79. The number of thioether (sulfide) groups is 1. The number of hydrogen-bond donors (Lipinski definition) is 1. The summed E-state index contributed by atoms with van der Waals surface area (Å²) >= 11 is 12.0. The number of thiazole rings is 1. The summed E-state index contributed by atoms with van der Waals surface area (Å²) in [5.41, 5.74) is 1.72. The second kappa shape index (κ2) is 11.7. The van der Waals surface area contributed by atoms with Crippen LogP contribution in [0.25, 0.3) is 11.3 Å². The Morgan fingerprint density at radius 3 is 2.71 bits per heavy atom. The maximum Gasteiger partial charge on any atom is 0.236 e. The normalized spacial score (nSPS) is 10.8. The largest absolute Gasteiger partial charge is 0.486 e. The minimum atomic E-state index is -0.178. The molecule has 2 aromatic carbocycles. The van der Waals surface area contributed by atoms with Gasteiger partial charge in [0.2, 0.25) is 5.91 Å². The van der Waals surface area contributed by atoms with E-state index in [4.69, 9.17) is 16.3 Å². The Balaban J connectivity index is 1.34. The van der Waals surface area contributed by atoms with Gasteiger partial charge in [0.15, 0.2) is 16.1 Å². The molecule has 0 atom stereocenters. The first kappa shape index (κ1) is 24.5. The summed E-state index contributed by atoms with van der Waals surface area (Å²) in [6, 6.07) is 15.0. The molecule has 0 aliphatic rings. The number of rotatable bonds is 10. The Bertz CT molecular complexity index is 1280. The van der Waals surface area contributed by atoms with E-state index in [-0.39, 0.29) is 18.3 Å². The van der Waals surface area contributed by atoms with Crippen molar-refractivity contribution in [2.45, 2.75) is 18.3 Å². The molecule has 1 amide bonds. The number of nitrogens with one attached hydrogen (secondary N) is 1. The molecule has 174 valence electrons. The second-order valence-electron chi connectivity index (χ2n) is 6.92. The molecular formula is C23H19BrClN5O2S2. The molecule has 0 unspecified atom stereocenters. The number of amides is 1. The molecule has 0 saturated carbocycles. The fraction of sp³-hybridized carbons (Fsp3) is 0.130. The van der Waals surface area contributed by atoms with E-state index in [1.54, 1.807) is 6.08 Å². The third kappa shape index (κ3) is 6.47. The van der Waals surface area contributed by atoms with E-state index in [2.05, 4.69) is 43.0 Å². The molecule has 7 nitrogen and oxygen atoms in total. The van der Waals surface area contributed by atoms with E-state index in [1.807, 2.05) is 58.5 Å². The van der Waals surface area contributed by atoms with Gasteiger partial charge >= 0.3 is 0 Å². The summed E-state index contributed by atoms with van der Waals surface area (Å²) in [5.74, 6) is 1.37. The van der Waals surface area contributed by atoms with E-state index < -0.39 is 0 Å². The van der Waals surface area contributed by atoms with Gasteiger partial charge in [0.1, 0.15) is 12.4 Å². The molecule has 0 bridgehead atoms. The lowest BCUT2D eigenvalue weighted by molar-refractivity contribution is -0.113. The Kier molecular flexibility index (Phi) is 8.39. The van der Waals surface area contributed by atoms with Crippen LogP contribution in [-0.4, -0.2) is 31.4 Å². The van der Waals surface area contributed by atoms with Gasteiger partial charge in [-0.15, -0.1) is 28.1 Å². The highest BCUT2D eigenvalue weighted by Crippen LogP contribution is 2.26. The smallest absolute Gasteiger partial charge is 0.236 e. The van der Waals surface area contributed by atoms with Crippen molar-refractivity contribution in [1.29, 1.82) is 0 Å². The molecule has 0 spiro atoms. The summed E-state index contributed by atoms with van der Waals surface area (Å²) < 4.78 is 8.67. The molecular weight excluding hydrogens is 558 g/mol. The van der Waals surface area contributed by atoms with E-state index in [9.17, 15) is 4.79 Å². The van der Waals surface area contributed by atoms with Gasteiger partial charge in [-0.3, -0.25) is 9.36 Å². The molecule has 2 aromatic heterocycles. The maximum atomic E-state index is 12.5. The van der Waals surface area contributed by atoms with E-state index in [0.29, 0.717) is 27.7 Å². The van der Waals surface area contributed by atoms with Crippen LogP contribution in [0.1, 0.15) is 5.82 Å². The lowest BCUT2D eigenvalue weighted by Gasteiger charge is -2.09. The minimum absolute atomic E-state index is 0.165. The standard InChI is InChI=1S/C23H19BrClN5O2S2/c1-2-11-30-20(12-32-18-9-5-16(24)6-10-18)28-29-23(30)34-14-21(31)27-22-26-19(13-33-22)15-3-7-17(25)8-4-15/h2-10,13H,1,11-12,14H2,(H,26,27,31). The zero-order valence-electron chi connectivity index (χ0n) is 17.8. The highest BCUT2D eigenvalue weighted by Gasteiger charge is 2.15. The monoisotopic (exact) mass is 575 g/mol. The van der Waals surface area contributed by atoms with Crippen LogP contribution in [0.5, 0.6) is 5.75 Å². The number of allylic oxidation sites excluding steroid dienone is 1. The topological polar surface area (TPSA) is 81.9 Å². The third-order valence-corrected chi connectivity index (χ3v) is 7.01. The Morgan fingerprint density at radius 2 is 1.97 bits per heavy atom. The number of benzene rings is 2. The highest BCUT2D eigenvalue weighted by molar-refractivity contribution is 9.10. The van der Waals surface area contributed by atoms with Gasteiger partial charge in [0.25, 0.3) is 0 Å². The van der Waals surface area contributed by atoms with Crippen molar-refractivity contribution in [3.05, 3.63) is 81.9 Å². The average Bonchev–Trinajstić information content (AvgIpc) is 3.45. The first-order chi connectivity index (χ1) is 16.5. The number of carbonyl (C=O) groups is 1. The van der Waals surface area contributed by atoms with E-state index in [0.717, 1.165) is 21.5 Å². The van der Waals surface area contributed by atoms with Gasteiger partial charge in [-0.25, -0.2) is 4.98 Å². The summed E-state index contributed by atoms with van der Waals surface area (Å²) in [5, 5.41) is 15.0. The molecule has 34 heavy (non-hydrogen) atoms. The van der Waals surface area contributed by atoms with Crippen molar-refractivity contribution in [3.8, 4) is 17.0 Å². The lowest BCUT2D eigenvalue weighted by atomic mass is 10.2. The van der Waals surface area contributed by atoms with Gasteiger partial charge in [0.05, 0.1) is 11.4 Å². The zero-order chi connectivity index (χ0) is 23.9. The number of nitrogens with zero attached hydrogens (tertiary/aromatic N) is 4. The predicted molar refractivity (Wildman–Crippen MR) is 141 cm³/mol. The Hall–Kier alpha value is -2.66. The molecule has 0 saturated heterocycles. The number of hydrogen-bond acceptors (Lipinski definition) is 7. The molecule has 2 heterocycles. The van der Waals surface area contributed by atoms with Crippen molar-refractivity contribution >= 4 is 61.7 Å². The number of halogens is 2. The molecule has 1 N–H and O–H groups in total. The minimum Gasteiger partial charge on any atom is -0.486 e. The summed E-state index contributed by atoms with van der Waals surface area (Å²) in [6.07, 6.45) is 1.75. The zero-order valence-corrected chi connectivity index (χ0v) is 21.8. The van der Waals surface area contributed by atoms with Gasteiger partial charge in [-0.2, -0.15) is 0 Å². The van der Waals surface area contributed by atoms with Crippen LogP contribution in [0.15, 0.2) is 76.2 Å². The molecule has 0 radical (unpaired) electrons. The second-order valence-corrected chi connectivity index (χ2v) is 10.1. The molecule has 4 rings (SSSR count). The third-order valence-electron chi connectivity index (χ3n) is 4.51. The van der Waals surface area contributed by atoms with Crippen molar-refractivity contribution in [2.24, 2.45) is 0 Å². The summed E-state index contributed by atoms with van der Waals surface area (Å²) in [4.78, 5) is 17.0. The van der Waals surface area contributed by atoms with Crippen LogP contribution >= 0.6 is 50.6 Å². The van der Waals surface area contributed by atoms with E-state index in [1.165, 1.54) is 23.1 Å². The SMILES string of the molecule is C=CCn1c(COc2ccc(Br)cc2)nnc1SCC(=O)Nc1nc(-c2ccc(Cl)cc2)cs1. The van der Waals surface area contributed by atoms with E-state index >= 15 is 0 Å². The predicted octanol–water partition coefficient (Wildman–Crippen LogP) is 6.31. The Labute approximate surface area is 218 Å². The van der Waals surface area contributed by atoms with Crippen LogP contribution in [-0.2, 0) is 17.9 Å². The number of anilines is 1. The molecule has 11 heteroatoms. The van der Waals surface area contributed by atoms with Crippen molar-refractivity contribution in [3.63, 3.8) is 0 Å². The van der Waals surface area contributed by atoms with Crippen LogP contribution in [0.2, 0.25) is 5.02 Å². The summed E-state index contributed by atoms with van der Waals surface area (Å²) in [7, 11) is 0. The number of aromatic nitrogens is 4. The van der Waals surface area contributed by atoms with Crippen molar-refractivity contribution in [1.82, 2.24) is 19.7 Å². The van der Waals surface area contributed by atoms with Crippen LogP contribution in [0.4, 0.5) is 5.13 Å². The highest BCUT2D eigenvalue weighted by atomic mass is 79.9. The quantitative estimate of drug-likeness (QED) is 0.176. The number of carbonyl (C=O) groups excluding carboxylic acids is 1. The first-order valence-corrected chi connectivity index (χ1v) is 13.1. The Morgan fingerprint density at radius 1 is 1.21 bits per heavy atom. The molecule has 4 aromatic rings. The first-order valence-electron chi connectivity index (χ1n) is 10.1. The summed E-state index contributed by atoms with van der Waals surface area (Å²) in [6.45, 7) is 4.56. The molecule has 0 aliphatic carbocycles. The lowest BCUT2D eigenvalue weighted by Crippen LogP contribution is -2.15. The fourth-order valence-electron chi connectivity index (χ4n) is 2.89. The van der Waals surface area contributed by atoms with Gasteiger partial charge < -0.3 is 10.1 Å². The van der Waals surface area contributed by atoms with Crippen LogP contribution in [0.3, 0.4) is 0 Å².